The largest absolute Gasteiger partial charge is 0.508 e. The Morgan fingerprint density at radius 3 is 2.42 bits per heavy atom. The van der Waals surface area contributed by atoms with Gasteiger partial charge in [0, 0.05) is 17.5 Å². The van der Waals surface area contributed by atoms with E-state index in [1.54, 1.807) is 86.0 Å². The second-order valence-electron chi connectivity index (χ2n) is 6.67. The number of phenols is 1. The first kappa shape index (κ1) is 21.4. The Morgan fingerprint density at radius 2 is 1.74 bits per heavy atom. The Bertz CT molecular complexity index is 1130. The number of nitrogens with two attached hydrogens (primary N) is 1. The number of phenolic OH excluding ortho intramolecular Hbond substituents is 1. The van der Waals surface area contributed by atoms with Gasteiger partial charge in [0.15, 0.2) is 5.78 Å². The van der Waals surface area contributed by atoms with Crippen LogP contribution in [0.15, 0.2) is 85.1 Å². The van der Waals surface area contributed by atoms with E-state index >= 15 is 0 Å². The van der Waals surface area contributed by atoms with Crippen molar-refractivity contribution in [1.29, 1.82) is 0 Å². The zero-order valence-corrected chi connectivity index (χ0v) is 16.9. The fourth-order valence-electron chi connectivity index (χ4n) is 2.89. The van der Waals surface area contributed by atoms with Gasteiger partial charge in [0.05, 0.1) is 12.8 Å². The van der Waals surface area contributed by atoms with Gasteiger partial charge in [-0.05, 0) is 65.7 Å². The monoisotopic (exact) mass is 414 g/mol. The Labute approximate surface area is 180 Å². The fourth-order valence-corrected chi connectivity index (χ4v) is 2.89. The van der Waals surface area contributed by atoms with Crippen molar-refractivity contribution in [3.05, 3.63) is 102 Å². The number of hydrogen-bond donors (Lipinski definition) is 2. The second kappa shape index (κ2) is 9.93. The summed E-state index contributed by atoms with van der Waals surface area (Å²) in [7, 11) is 1.58. The number of ether oxygens (including phenoxy) is 1. The Hall–Kier alpha value is -4.32. The van der Waals surface area contributed by atoms with E-state index < -0.39 is 0 Å². The minimum atomic E-state index is -0.233. The number of carbonyl (C=O) groups excluding carboxylic acids is 2. The molecule has 156 valence electrons. The number of anilines is 1. The molecular weight excluding hydrogens is 392 g/mol. The zero-order chi connectivity index (χ0) is 22.2. The highest BCUT2D eigenvalue weighted by Crippen LogP contribution is 2.20. The number of nitrogens with zero attached hydrogens (tertiary/aromatic N) is 1. The number of aromatic hydroxyl groups is 1. The van der Waals surface area contributed by atoms with Crippen LogP contribution in [0.5, 0.6) is 11.5 Å². The number of methoxy groups -OCH3 is 1. The quantitative estimate of drug-likeness (QED) is 0.327. The van der Waals surface area contributed by atoms with Crippen LogP contribution in [0.25, 0.3) is 11.8 Å². The molecule has 6 heteroatoms. The van der Waals surface area contributed by atoms with E-state index in [0.29, 0.717) is 34.7 Å². The summed E-state index contributed by atoms with van der Waals surface area (Å²) in [5, 5.41) is 9.52. The smallest absolute Gasteiger partial charge is 0.218 e. The van der Waals surface area contributed by atoms with Crippen molar-refractivity contribution >= 4 is 29.7 Å². The lowest BCUT2D eigenvalue weighted by Crippen LogP contribution is -2.16. The normalized spacial score (nSPS) is 11.3. The minimum Gasteiger partial charge on any atom is -0.508 e. The number of ketones is 1. The van der Waals surface area contributed by atoms with Crippen LogP contribution in [-0.4, -0.2) is 24.4 Å². The molecule has 3 rings (SSSR count). The molecule has 1 amide bonds. The third-order valence-corrected chi connectivity index (χ3v) is 4.54. The molecule has 0 aromatic heterocycles. The molecule has 6 nitrogen and oxygen atoms in total. The molecule has 3 N–H and O–H groups in total. The van der Waals surface area contributed by atoms with Gasteiger partial charge in [-0.25, -0.2) is 0 Å². The molecule has 0 spiro atoms. The third-order valence-electron chi connectivity index (χ3n) is 4.54. The molecule has 0 fully saturated rings. The van der Waals surface area contributed by atoms with Crippen LogP contribution >= 0.6 is 0 Å². The topological polar surface area (TPSA) is 92.9 Å². The summed E-state index contributed by atoms with van der Waals surface area (Å²) >= 11 is 0. The SMILES string of the molecule is COc1ccc(/C(N)=C/N(C=O)c2cccc(C(=O)/C=C/c3cccc(O)c3)c2)cc1. The molecule has 0 aliphatic carbocycles. The first-order valence-electron chi connectivity index (χ1n) is 9.47. The van der Waals surface area contributed by atoms with Gasteiger partial charge >= 0.3 is 0 Å². The number of carbonyl (C=O) groups is 2. The molecule has 0 unspecified atom stereocenters. The maximum absolute atomic E-state index is 12.6. The van der Waals surface area contributed by atoms with E-state index in [2.05, 4.69) is 0 Å². The van der Waals surface area contributed by atoms with Crippen molar-refractivity contribution < 1.29 is 19.4 Å². The number of benzene rings is 3. The number of rotatable bonds is 8. The predicted molar refractivity (Wildman–Crippen MR) is 122 cm³/mol. The number of amides is 1. The van der Waals surface area contributed by atoms with Gasteiger partial charge < -0.3 is 15.6 Å². The minimum absolute atomic E-state index is 0.124. The van der Waals surface area contributed by atoms with Gasteiger partial charge in [-0.3, -0.25) is 14.5 Å². The molecule has 0 bridgehead atoms. The Kier molecular flexibility index (Phi) is 6.85. The Balaban J connectivity index is 1.80. The third kappa shape index (κ3) is 5.61. The Morgan fingerprint density at radius 1 is 1.00 bits per heavy atom. The molecule has 3 aromatic rings. The van der Waals surface area contributed by atoms with Crippen LogP contribution in [0.3, 0.4) is 0 Å². The molecule has 0 atom stereocenters. The number of allylic oxidation sites excluding steroid dienone is 1. The summed E-state index contributed by atoms with van der Waals surface area (Å²) in [4.78, 5) is 25.6. The molecule has 0 saturated carbocycles. The lowest BCUT2D eigenvalue weighted by atomic mass is 10.1. The van der Waals surface area contributed by atoms with Crippen LogP contribution in [0.2, 0.25) is 0 Å². The predicted octanol–water partition coefficient (Wildman–Crippen LogP) is 4.22. The van der Waals surface area contributed by atoms with Gasteiger partial charge in [-0.1, -0.05) is 30.3 Å². The molecule has 0 heterocycles. The summed E-state index contributed by atoms with van der Waals surface area (Å²) in [5.74, 6) is 0.594. The second-order valence-corrected chi connectivity index (χ2v) is 6.67. The average molecular weight is 414 g/mol. The summed E-state index contributed by atoms with van der Waals surface area (Å²) in [6.45, 7) is 0. The van der Waals surface area contributed by atoms with E-state index in [0.717, 1.165) is 5.56 Å². The number of hydrogen-bond acceptors (Lipinski definition) is 5. The van der Waals surface area contributed by atoms with E-state index in [1.807, 2.05) is 0 Å². The highest BCUT2D eigenvalue weighted by Gasteiger charge is 2.09. The molecule has 0 radical (unpaired) electrons. The van der Waals surface area contributed by atoms with Crippen LogP contribution in [0.1, 0.15) is 21.5 Å². The molecular formula is C25H22N2O4. The highest BCUT2D eigenvalue weighted by atomic mass is 16.5. The van der Waals surface area contributed by atoms with Crippen molar-refractivity contribution in [2.45, 2.75) is 0 Å². The zero-order valence-electron chi connectivity index (χ0n) is 16.9. The molecule has 0 saturated heterocycles. The molecule has 3 aromatic carbocycles. The van der Waals surface area contributed by atoms with Crippen molar-refractivity contribution in [1.82, 2.24) is 0 Å². The van der Waals surface area contributed by atoms with Gasteiger partial charge in [-0.15, -0.1) is 0 Å². The molecule has 31 heavy (non-hydrogen) atoms. The summed E-state index contributed by atoms with van der Waals surface area (Å²) in [5.41, 5.74) is 8.88. The van der Waals surface area contributed by atoms with Crippen molar-refractivity contribution in [3.8, 4) is 11.5 Å². The lowest BCUT2D eigenvalue weighted by Gasteiger charge is -2.15. The van der Waals surface area contributed by atoms with Crippen LogP contribution in [0.4, 0.5) is 5.69 Å². The van der Waals surface area contributed by atoms with Crippen LogP contribution < -0.4 is 15.4 Å². The van der Waals surface area contributed by atoms with E-state index in [1.165, 1.54) is 17.2 Å². The van der Waals surface area contributed by atoms with E-state index in [9.17, 15) is 14.7 Å². The summed E-state index contributed by atoms with van der Waals surface area (Å²) in [6.07, 6.45) is 5.16. The van der Waals surface area contributed by atoms with Gasteiger partial charge in [0.1, 0.15) is 11.5 Å². The van der Waals surface area contributed by atoms with Gasteiger partial charge in [0.25, 0.3) is 0 Å². The van der Waals surface area contributed by atoms with Gasteiger partial charge in [0.2, 0.25) is 6.41 Å². The lowest BCUT2D eigenvalue weighted by molar-refractivity contribution is -0.106. The summed E-state index contributed by atoms with van der Waals surface area (Å²) < 4.78 is 5.13. The van der Waals surface area contributed by atoms with Crippen molar-refractivity contribution in [3.63, 3.8) is 0 Å². The average Bonchev–Trinajstić information content (AvgIpc) is 2.81. The van der Waals surface area contributed by atoms with E-state index in [4.69, 9.17) is 10.5 Å². The fraction of sp³-hybridized carbons (Fsp3) is 0.0400. The highest BCUT2D eigenvalue weighted by molar-refractivity contribution is 6.07. The summed E-state index contributed by atoms with van der Waals surface area (Å²) in [6, 6.07) is 20.4. The van der Waals surface area contributed by atoms with Crippen LogP contribution in [-0.2, 0) is 4.79 Å². The molecule has 0 aliphatic heterocycles. The van der Waals surface area contributed by atoms with Crippen LogP contribution in [0, 0.1) is 0 Å². The maximum atomic E-state index is 12.6. The van der Waals surface area contributed by atoms with Crippen molar-refractivity contribution in [2.75, 3.05) is 12.0 Å². The first-order chi connectivity index (χ1) is 15.0. The maximum Gasteiger partial charge on any atom is 0.218 e. The first-order valence-corrected chi connectivity index (χ1v) is 9.47. The van der Waals surface area contributed by atoms with Crippen molar-refractivity contribution in [2.24, 2.45) is 5.73 Å². The van der Waals surface area contributed by atoms with Gasteiger partial charge in [-0.2, -0.15) is 0 Å². The van der Waals surface area contributed by atoms with E-state index in [-0.39, 0.29) is 11.5 Å². The molecule has 0 aliphatic rings. The standard InChI is InChI=1S/C25H22N2O4/c1-31-23-11-9-19(10-12-23)24(26)16-27(17-28)21-6-3-5-20(15-21)25(30)13-8-18-4-2-7-22(29)14-18/h2-17,29H,26H2,1H3/b13-8+,24-16-.